The zero-order valence-electron chi connectivity index (χ0n) is 9.81. The molecule has 0 saturated heterocycles. The van der Waals surface area contributed by atoms with E-state index in [-0.39, 0.29) is 5.60 Å². The van der Waals surface area contributed by atoms with E-state index in [4.69, 9.17) is 4.74 Å². The maximum absolute atomic E-state index is 5.62. The second-order valence-corrected chi connectivity index (χ2v) is 4.65. The largest absolute Gasteiger partial charge is 0.376 e. The van der Waals surface area contributed by atoms with E-state index >= 15 is 0 Å². The van der Waals surface area contributed by atoms with Crippen molar-refractivity contribution in [3.63, 3.8) is 0 Å². The van der Waals surface area contributed by atoms with Crippen LogP contribution in [0.1, 0.15) is 47.0 Å². The maximum atomic E-state index is 5.62. The molecule has 80 valence electrons. The third-order valence-electron chi connectivity index (χ3n) is 2.06. The number of hydrogen-bond acceptors (Lipinski definition) is 2. The molecule has 0 radical (unpaired) electrons. The van der Waals surface area contributed by atoms with E-state index in [1.807, 2.05) is 7.05 Å². The average Bonchev–Trinajstić information content (AvgIpc) is 2.01. The Morgan fingerprint density at radius 3 is 2.31 bits per heavy atom. The third kappa shape index (κ3) is 9.84. The smallest absolute Gasteiger partial charge is 0.0598 e. The number of hydrogen-bond donors (Lipinski definition) is 1. The van der Waals surface area contributed by atoms with Crippen molar-refractivity contribution in [1.82, 2.24) is 5.32 Å². The SMILES string of the molecule is CNC(C)CCCCOC(C)(C)C. The molecule has 0 amide bonds. The molecular formula is C11H25NO. The van der Waals surface area contributed by atoms with Crippen LogP contribution >= 0.6 is 0 Å². The quantitative estimate of drug-likeness (QED) is 0.645. The first-order valence-electron chi connectivity index (χ1n) is 5.27. The molecule has 0 spiro atoms. The summed E-state index contributed by atoms with van der Waals surface area (Å²) in [5, 5.41) is 3.23. The lowest BCUT2D eigenvalue weighted by Gasteiger charge is -2.19. The van der Waals surface area contributed by atoms with E-state index in [1.54, 1.807) is 0 Å². The maximum Gasteiger partial charge on any atom is 0.0598 e. The monoisotopic (exact) mass is 187 g/mol. The van der Waals surface area contributed by atoms with E-state index in [0.29, 0.717) is 6.04 Å². The molecule has 1 N–H and O–H groups in total. The lowest BCUT2D eigenvalue weighted by Crippen LogP contribution is -2.22. The normalized spacial score (nSPS) is 14.5. The molecule has 2 nitrogen and oxygen atoms in total. The lowest BCUT2D eigenvalue weighted by molar-refractivity contribution is -0.00484. The van der Waals surface area contributed by atoms with Gasteiger partial charge in [-0.15, -0.1) is 0 Å². The fraction of sp³-hybridized carbons (Fsp3) is 1.00. The van der Waals surface area contributed by atoms with Crippen molar-refractivity contribution >= 4 is 0 Å². The molecule has 0 aromatic carbocycles. The highest BCUT2D eigenvalue weighted by Crippen LogP contribution is 2.08. The lowest BCUT2D eigenvalue weighted by atomic mass is 10.1. The van der Waals surface area contributed by atoms with Gasteiger partial charge in [0.1, 0.15) is 0 Å². The Morgan fingerprint density at radius 1 is 1.23 bits per heavy atom. The van der Waals surface area contributed by atoms with Crippen LogP contribution in [0, 0.1) is 0 Å². The highest BCUT2D eigenvalue weighted by molar-refractivity contribution is 4.60. The van der Waals surface area contributed by atoms with Crippen LogP contribution in [0.3, 0.4) is 0 Å². The Bertz CT molecular complexity index is 118. The van der Waals surface area contributed by atoms with Gasteiger partial charge in [0.15, 0.2) is 0 Å². The van der Waals surface area contributed by atoms with Gasteiger partial charge in [-0.25, -0.2) is 0 Å². The van der Waals surface area contributed by atoms with Gasteiger partial charge in [0.2, 0.25) is 0 Å². The van der Waals surface area contributed by atoms with Crippen molar-refractivity contribution in [2.45, 2.75) is 58.6 Å². The summed E-state index contributed by atoms with van der Waals surface area (Å²) in [7, 11) is 2.01. The van der Waals surface area contributed by atoms with E-state index in [2.05, 4.69) is 33.0 Å². The van der Waals surface area contributed by atoms with E-state index in [9.17, 15) is 0 Å². The first-order valence-corrected chi connectivity index (χ1v) is 5.27. The van der Waals surface area contributed by atoms with Crippen molar-refractivity contribution in [2.75, 3.05) is 13.7 Å². The van der Waals surface area contributed by atoms with Crippen molar-refractivity contribution in [3.8, 4) is 0 Å². The van der Waals surface area contributed by atoms with E-state index in [1.165, 1.54) is 19.3 Å². The highest BCUT2D eigenvalue weighted by atomic mass is 16.5. The number of unbranched alkanes of at least 4 members (excludes halogenated alkanes) is 1. The van der Waals surface area contributed by atoms with Gasteiger partial charge in [0, 0.05) is 12.6 Å². The third-order valence-corrected chi connectivity index (χ3v) is 2.06. The fourth-order valence-corrected chi connectivity index (χ4v) is 1.08. The minimum absolute atomic E-state index is 0.0224. The zero-order valence-corrected chi connectivity index (χ0v) is 9.81. The van der Waals surface area contributed by atoms with Gasteiger partial charge in [-0.1, -0.05) is 0 Å². The Morgan fingerprint density at radius 2 is 1.85 bits per heavy atom. The van der Waals surface area contributed by atoms with Crippen molar-refractivity contribution in [2.24, 2.45) is 0 Å². The van der Waals surface area contributed by atoms with Gasteiger partial charge in [0.25, 0.3) is 0 Å². The summed E-state index contributed by atoms with van der Waals surface area (Å²) < 4.78 is 5.62. The van der Waals surface area contributed by atoms with Crippen LogP contribution in [0.15, 0.2) is 0 Å². The van der Waals surface area contributed by atoms with Gasteiger partial charge >= 0.3 is 0 Å². The van der Waals surface area contributed by atoms with Gasteiger partial charge in [-0.3, -0.25) is 0 Å². The minimum atomic E-state index is 0.0224. The van der Waals surface area contributed by atoms with Crippen LogP contribution in [0.25, 0.3) is 0 Å². The fourth-order valence-electron chi connectivity index (χ4n) is 1.08. The summed E-state index contributed by atoms with van der Waals surface area (Å²) in [5.41, 5.74) is 0.0224. The molecule has 0 saturated carbocycles. The Labute approximate surface area is 83.1 Å². The minimum Gasteiger partial charge on any atom is -0.376 e. The molecule has 0 aromatic rings. The summed E-state index contributed by atoms with van der Waals surface area (Å²) in [6.07, 6.45) is 3.66. The van der Waals surface area contributed by atoms with E-state index in [0.717, 1.165) is 6.61 Å². The molecule has 0 aliphatic carbocycles. The highest BCUT2D eigenvalue weighted by Gasteiger charge is 2.08. The van der Waals surface area contributed by atoms with Gasteiger partial charge in [-0.05, 0) is 54.0 Å². The Hall–Kier alpha value is -0.0800. The molecule has 0 rings (SSSR count). The van der Waals surface area contributed by atoms with Gasteiger partial charge in [0.05, 0.1) is 5.60 Å². The van der Waals surface area contributed by atoms with Crippen LogP contribution in [-0.2, 0) is 4.74 Å². The summed E-state index contributed by atoms with van der Waals surface area (Å²) in [5.74, 6) is 0. The molecule has 0 fully saturated rings. The molecule has 0 heterocycles. The molecule has 1 atom stereocenters. The van der Waals surface area contributed by atoms with Crippen molar-refractivity contribution < 1.29 is 4.74 Å². The van der Waals surface area contributed by atoms with E-state index < -0.39 is 0 Å². The van der Waals surface area contributed by atoms with Crippen LogP contribution < -0.4 is 5.32 Å². The molecule has 1 unspecified atom stereocenters. The van der Waals surface area contributed by atoms with Crippen LogP contribution in [0.4, 0.5) is 0 Å². The first kappa shape index (κ1) is 12.9. The van der Waals surface area contributed by atoms with Crippen LogP contribution in [0.5, 0.6) is 0 Å². The summed E-state index contributed by atoms with van der Waals surface area (Å²) >= 11 is 0. The second kappa shape index (κ2) is 6.39. The molecule has 0 aliphatic heterocycles. The first-order chi connectivity index (χ1) is 5.95. The second-order valence-electron chi connectivity index (χ2n) is 4.65. The summed E-state index contributed by atoms with van der Waals surface area (Å²) in [6.45, 7) is 9.40. The van der Waals surface area contributed by atoms with Crippen molar-refractivity contribution in [3.05, 3.63) is 0 Å². The molecule has 2 heteroatoms. The zero-order chi connectivity index (χ0) is 10.3. The molecular weight excluding hydrogens is 162 g/mol. The predicted molar refractivity (Wildman–Crippen MR) is 58.1 cm³/mol. The average molecular weight is 187 g/mol. The van der Waals surface area contributed by atoms with Crippen LogP contribution in [0.2, 0.25) is 0 Å². The standard InChI is InChI=1S/C11H25NO/c1-10(12-5)8-6-7-9-13-11(2,3)4/h10,12H,6-9H2,1-5H3. The van der Waals surface area contributed by atoms with Crippen molar-refractivity contribution in [1.29, 1.82) is 0 Å². The number of ether oxygens (including phenoxy) is 1. The Kier molecular flexibility index (Phi) is 6.35. The number of nitrogens with one attached hydrogen (secondary N) is 1. The molecule has 0 bridgehead atoms. The molecule has 0 aromatic heterocycles. The van der Waals surface area contributed by atoms with Gasteiger partial charge in [-0.2, -0.15) is 0 Å². The van der Waals surface area contributed by atoms with Crippen LogP contribution in [-0.4, -0.2) is 25.3 Å². The summed E-state index contributed by atoms with van der Waals surface area (Å²) in [6, 6.07) is 0.634. The molecule has 0 aliphatic rings. The molecule has 13 heavy (non-hydrogen) atoms. The van der Waals surface area contributed by atoms with Gasteiger partial charge < -0.3 is 10.1 Å². The summed E-state index contributed by atoms with van der Waals surface area (Å²) in [4.78, 5) is 0. The number of rotatable bonds is 6. The Balaban J connectivity index is 3.18. The predicted octanol–water partition coefficient (Wildman–Crippen LogP) is 2.58. The topological polar surface area (TPSA) is 21.3 Å².